The summed E-state index contributed by atoms with van der Waals surface area (Å²) < 4.78 is 10.5. The maximum absolute atomic E-state index is 11.7. The third-order valence-corrected chi connectivity index (χ3v) is 2.17. The fourth-order valence-corrected chi connectivity index (χ4v) is 1.31. The van der Waals surface area contributed by atoms with E-state index in [9.17, 15) is 4.79 Å². The van der Waals surface area contributed by atoms with Crippen molar-refractivity contribution in [3.8, 4) is 0 Å². The lowest BCUT2D eigenvalue weighted by Gasteiger charge is -2.26. The SMILES string of the molecule is CN(CCCN)C(=O)C1COCCO1. The van der Waals surface area contributed by atoms with Crippen LogP contribution in [0, 0.1) is 0 Å². The van der Waals surface area contributed by atoms with Crippen molar-refractivity contribution >= 4 is 5.91 Å². The lowest BCUT2D eigenvalue weighted by atomic mass is 10.3. The molecule has 2 N–H and O–H groups in total. The molecular formula is C9H18N2O3. The molecule has 0 aromatic heterocycles. The van der Waals surface area contributed by atoms with E-state index < -0.39 is 6.10 Å². The lowest BCUT2D eigenvalue weighted by molar-refractivity contribution is -0.156. The van der Waals surface area contributed by atoms with Gasteiger partial charge in [-0.15, -0.1) is 0 Å². The minimum atomic E-state index is -0.425. The minimum absolute atomic E-state index is 0.0156. The second kappa shape index (κ2) is 5.95. The highest BCUT2D eigenvalue weighted by atomic mass is 16.6. The standard InChI is InChI=1S/C9H18N2O3/c1-11(4-2-3-10)9(12)8-7-13-5-6-14-8/h8H,2-7,10H2,1H3. The molecule has 0 aliphatic carbocycles. The van der Waals surface area contributed by atoms with Crippen LogP contribution in [-0.4, -0.2) is 56.9 Å². The van der Waals surface area contributed by atoms with Crippen LogP contribution in [0.2, 0.25) is 0 Å². The summed E-state index contributed by atoms with van der Waals surface area (Å²) in [5.41, 5.74) is 5.36. The van der Waals surface area contributed by atoms with Gasteiger partial charge in [0, 0.05) is 13.6 Å². The van der Waals surface area contributed by atoms with Crippen molar-refractivity contribution in [2.45, 2.75) is 12.5 Å². The Morgan fingerprint density at radius 3 is 2.93 bits per heavy atom. The van der Waals surface area contributed by atoms with Gasteiger partial charge in [0.05, 0.1) is 19.8 Å². The van der Waals surface area contributed by atoms with Gasteiger partial charge in [-0.05, 0) is 13.0 Å². The Morgan fingerprint density at radius 1 is 1.57 bits per heavy atom. The highest BCUT2D eigenvalue weighted by Crippen LogP contribution is 2.04. The van der Waals surface area contributed by atoms with E-state index in [1.165, 1.54) is 0 Å². The maximum Gasteiger partial charge on any atom is 0.253 e. The molecule has 1 unspecified atom stereocenters. The van der Waals surface area contributed by atoms with Crippen LogP contribution in [0.4, 0.5) is 0 Å². The zero-order chi connectivity index (χ0) is 10.4. The van der Waals surface area contributed by atoms with E-state index in [0.717, 1.165) is 6.42 Å². The van der Waals surface area contributed by atoms with Crippen molar-refractivity contribution in [3.05, 3.63) is 0 Å². The predicted octanol–water partition coefficient (Wildman–Crippen LogP) is -0.791. The molecule has 1 fully saturated rings. The van der Waals surface area contributed by atoms with Crippen LogP contribution in [0.3, 0.4) is 0 Å². The van der Waals surface area contributed by atoms with Crippen LogP contribution in [0.1, 0.15) is 6.42 Å². The molecule has 1 aliphatic heterocycles. The maximum atomic E-state index is 11.7. The molecule has 0 aromatic rings. The largest absolute Gasteiger partial charge is 0.376 e. The number of rotatable bonds is 4. The average molecular weight is 202 g/mol. The molecule has 82 valence electrons. The molecule has 1 amide bonds. The van der Waals surface area contributed by atoms with Crippen LogP contribution >= 0.6 is 0 Å². The molecular weight excluding hydrogens is 184 g/mol. The van der Waals surface area contributed by atoms with Gasteiger partial charge in [0.15, 0.2) is 6.10 Å². The topological polar surface area (TPSA) is 64.8 Å². The lowest BCUT2D eigenvalue weighted by Crippen LogP contribution is -2.44. The molecule has 5 nitrogen and oxygen atoms in total. The minimum Gasteiger partial charge on any atom is -0.376 e. The summed E-state index contributed by atoms with van der Waals surface area (Å²) in [4.78, 5) is 13.3. The molecule has 1 rings (SSSR count). The van der Waals surface area contributed by atoms with E-state index in [4.69, 9.17) is 15.2 Å². The van der Waals surface area contributed by atoms with E-state index in [0.29, 0.717) is 32.9 Å². The van der Waals surface area contributed by atoms with Crippen LogP contribution in [0.25, 0.3) is 0 Å². The van der Waals surface area contributed by atoms with Gasteiger partial charge in [0.2, 0.25) is 0 Å². The van der Waals surface area contributed by atoms with E-state index in [1.807, 2.05) is 0 Å². The number of carbonyl (C=O) groups excluding carboxylic acids is 1. The summed E-state index contributed by atoms with van der Waals surface area (Å²) >= 11 is 0. The Hall–Kier alpha value is -0.650. The highest BCUT2D eigenvalue weighted by Gasteiger charge is 2.25. The summed E-state index contributed by atoms with van der Waals surface area (Å²) in [5, 5.41) is 0. The first-order valence-electron chi connectivity index (χ1n) is 4.90. The fraction of sp³-hybridized carbons (Fsp3) is 0.889. The molecule has 0 radical (unpaired) electrons. The monoisotopic (exact) mass is 202 g/mol. The van der Waals surface area contributed by atoms with Crippen molar-refractivity contribution in [3.63, 3.8) is 0 Å². The van der Waals surface area contributed by atoms with Crippen molar-refractivity contribution in [2.24, 2.45) is 5.73 Å². The second-order valence-corrected chi connectivity index (χ2v) is 3.34. The van der Waals surface area contributed by atoms with Crippen LogP contribution in [-0.2, 0) is 14.3 Å². The van der Waals surface area contributed by atoms with E-state index >= 15 is 0 Å². The number of nitrogens with two attached hydrogens (primary N) is 1. The fourth-order valence-electron chi connectivity index (χ4n) is 1.31. The van der Waals surface area contributed by atoms with Gasteiger partial charge < -0.3 is 20.1 Å². The summed E-state index contributed by atoms with van der Waals surface area (Å²) in [6, 6.07) is 0. The number of amides is 1. The zero-order valence-electron chi connectivity index (χ0n) is 8.57. The smallest absolute Gasteiger partial charge is 0.253 e. The van der Waals surface area contributed by atoms with Gasteiger partial charge >= 0.3 is 0 Å². The molecule has 1 aliphatic rings. The molecule has 5 heteroatoms. The average Bonchev–Trinajstić information content (AvgIpc) is 2.26. The molecule has 1 saturated heterocycles. The van der Waals surface area contributed by atoms with E-state index in [1.54, 1.807) is 11.9 Å². The molecule has 1 heterocycles. The number of nitrogens with zero attached hydrogens (tertiary/aromatic N) is 1. The molecule has 0 bridgehead atoms. The Morgan fingerprint density at radius 2 is 2.36 bits per heavy atom. The molecule has 0 spiro atoms. The van der Waals surface area contributed by atoms with Gasteiger partial charge in [-0.2, -0.15) is 0 Å². The first kappa shape index (κ1) is 11.4. The molecule has 1 atom stereocenters. The molecule has 0 saturated carbocycles. The van der Waals surface area contributed by atoms with Crippen molar-refractivity contribution in [1.82, 2.24) is 4.90 Å². The highest BCUT2D eigenvalue weighted by molar-refractivity contribution is 5.80. The molecule has 0 aromatic carbocycles. The molecule has 14 heavy (non-hydrogen) atoms. The number of carbonyl (C=O) groups is 1. The quantitative estimate of drug-likeness (QED) is 0.649. The zero-order valence-corrected chi connectivity index (χ0v) is 8.57. The van der Waals surface area contributed by atoms with Gasteiger partial charge in [0.25, 0.3) is 5.91 Å². The van der Waals surface area contributed by atoms with Gasteiger partial charge in [-0.3, -0.25) is 4.79 Å². The number of likely N-dealkylation sites (N-methyl/N-ethyl adjacent to an activating group) is 1. The third kappa shape index (κ3) is 3.25. The number of ether oxygens (including phenoxy) is 2. The van der Waals surface area contributed by atoms with Gasteiger partial charge in [-0.25, -0.2) is 0 Å². The van der Waals surface area contributed by atoms with Crippen molar-refractivity contribution < 1.29 is 14.3 Å². The van der Waals surface area contributed by atoms with Crippen molar-refractivity contribution in [2.75, 3.05) is 40.0 Å². The number of hydrogen-bond acceptors (Lipinski definition) is 4. The van der Waals surface area contributed by atoms with Crippen LogP contribution in [0.15, 0.2) is 0 Å². The normalized spacial score (nSPS) is 22.0. The Balaban J connectivity index is 2.30. The Bertz CT molecular complexity index is 181. The summed E-state index contributed by atoms with van der Waals surface area (Å²) in [5.74, 6) is -0.0156. The van der Waals surface area contributed by atoms with Gasteiger partial charge in [0.1, 0.15) is 0 Å². The number of hydrogen-bond donors (Lipinski definition) is 1. The first-order valence-corrected chi connectivity index (χ1v) is 4.90. The Labute approximate surface area is 84.1 Å². The second-order valence-electron chi connectivity index (χ2n) is 3.34. The first-order chi connectivity index (χ1) is 6.75. The van der Waals surface area contributed by atoms with Crippen molar-refractivity contribution in [1.29, 1.82) is 0 Å². The summed E-state index contributed by atoms with van der Waals surface area (Å²) in [6.45, 7) is 2.72. The summed E-state index contributed by atoms with van der Waals surface area (Å²) in [6.07, 6.45) is 0.391. The van der Waals surface area contributed by atoms with E-state index in [-0.39, 0.29) is 5.91 Å². The van der Waals surface area contributed by atoms with Crippen LogP contribution in [0.5, 0.6) is 0 Å². The van der Waals surface area contributed by atoms with E-state index in [2.05, 4.69) is 0 Å². The summed E-state index contributed by atoms with van der Waals surface area (Å²) in [7, 11) is 1.76. The third-order valence-electron chi connectivity index (χ3n) is 2.17. The van der Waals surface area contributed by atoms with Gasteiger partial charge in [-0.1, -0.05) is 0 Å². The Kier molecular flexibility index (Phi) is 4.86. The van der Waals surface area contributed by atoms with Crippen LogP contribution < -0.4 is 5.73 Å². The predicted molar refractivity (Wildman–Crippen MR) is 51.9 cm³/mol.